The van der Waals surface area contributed by atoms with Crippen LogP contribution in [-0.2, 0) is 4.79 Å². The standard InChI is InChI=1S/C14H25ClN2O/c1-10-6-7-17(14(16)8-10)9-13(18)11-2-4-12(15)5-3-11/h10-12,14H,2-9,16H2,1H3. The Morgan fingerprint density at radius 1 is 1.28 bits per heavy atom. The van der Waals surface area contributed by atoms with Crippen LogP contribution in [0.15, 0.2) is 0 Å². The lowest BCUT2D eigenvalue weighted by atomic mass is 9.85. The second kappa shape index (κ2) is 6.36. The zero-order valence-corrected chi connectivity index (χ0v) is 12.0. The maximum atomic E-state index is 12.3. The van der Waals surface area contributed by atoms with Gasteiger partial charge in [-0.1, -0.05) is 6.92 Å². The molecular formula is C14H25ClN2O. The van der Waals surface area contributed by atoms with Crippen LogP contribution in [0.4, 0.5) is 0 Å². The van der Waals surface area contributed by atoms with Crippen molar-refractivity contribution < 1.29 is 4.79 Å². The van der Waals surface area contributed by atoms with E-state index in [4.69, 9.17) is 17.3 Å². The van der Waals surface area contributed by atoms with Crippen molar-refractivity contribution in [3.05, 3.63) is 0 Å². The number of ketones is 1. The first-order chi connectivity index (χ1) is 8.56. The van der Waals surface area contributed by atoms with Crippen LogP contribution in [0.25, 0.3) is 0 Å². The van der Waals surface area contributed by atoms with Gasteiger partial charge in [-0.2, -0.15) is 0 Å². The number of likely N-dealkylation sites (tertiary alicyclic amines) is 1. The molecule has 18 heavy (non-hydrogen) atoms. The van der Waals surface area contributed by atoms with Gasteiger partial charge in [-0.3, -0.25) is 9.69 Å². The maximum Gasteiger partial charge on any atom is 0.149 e. The molecule has 2 unspecified atom stereocenters. The molecule has 1 aliphatic carbocycles. The number of hydrogen-bond donors (Lipinski definition) is 1. The molecule has 2 aliphatic rings. The van der Waals surface area contributed by atoms with Crippen LogP contribution in [0.2, 0.25) is 0 Å². The molecule has 1 saturated carbocycles. The van der Waals surface area contributed by atoms with Gasteiger partial charge in [0.15, 0.2) is 0 Å². The molecule has 1 saturated heterocycles. The summed E-state index contributed by atoms with van der Waals surface area (Å²) in [5.41, 5.74) is 6.12. The van der Waals surface area contributed by atoms with Crippen LogP contribution in [-0.4, -0.2) is 35.3 Å². The number of nitrogens with two attached hydrogens (primary N) is 1. The number of piperidine rings is 1. The van der Waals surface area contributed by atoms with Crippen LogP contribution in [0.3, 0.4) is 0 Å². The third-order valence-electron chi connectivity index (χ3n) is 4.49. The van der Waals surface area contributed by atoms with Gasteiger partial charge in [-0.15, -0.1) is 11.6 Å². The largest absolute Gasteiger partial charge is 0.316 e. The van der Waals surface area contributed by atoms with Gasteiger partial charge in [0.25, 0.3) is 0 Å². The van der Waals surface area contributed by atoms with Crippen molar-refractivity contribution >= 4 is 17.4 Å². The first-order valence-electron chi connectivity index (χ1n) is 7.22. The van der Waals surface area contributed by atoms with Gasteiger partial charge in [0.1, 0.15) is 5.78 Å². The Morgan fingerprint density at radius 2 is 1.94 bits per heavy atom. The molecule has 1 heterocycles. The molecule has 104 valence electrons. The topological polar surface area (TPSA) is 46.3 Å². The molecule has 0 aromatic carbocycles. The molecular weight excluding hydrogens is 248 g/mol. The highest BCUT2D eigenvalue weighted by Gasteiger charge is 2.29. The smallest absolute Gasteiger partial charge is 0.149 e. The summed E-state index contributed by atoms with van der Waals surface area (Å²) in [7, 11) is 0. The Kier molecular flexibility index (Phi) is 5.05. The first-order valence-corrected chi connectivity index (χ1v) is 7.66. The highest BCUT2D eigenvalue weighted by molar-refractivity contribution is 6.20. The molecule has 4 heteroatoms. The van der Waals surface area contributed by atoms with Crippen LogP contribution in [0.5, 0.6) is 0 Å². The van der Waals surface area contributed by atoms with Crippen molar-refractivity contribution in [1.29, 1.82) is 0 Å². The van der Waals surface area contributed by atoms with Crippen molar-refractivity contribution in [2.75, 3.05) is 13.1 Å². The molecule has 0 aromatic rings. The summed E-state index contributed by atoms with van der Waals surface area (Å²) in [5, 5.41) is 0.284. The number of carbonyl (C=O) groups is 1. The molecule has 0 amide bonds. The number of nitrogens with zero attached hydrogens (tertiary/aromatic N) is 1. The Balaban J connectivity index is 1.80. The lowest BCUT2D eigenvalue weighted by Gasteiger charge is -2.36. The van der Waals surface area contributed by atoms with E-state index in [1.54, 1.807) is 0 Å². The average Bonchev–Trinajstić information content (AvgIpc) is 2.33. The zero-order valence-electron chi connectivity index (χ0n) is 11.3. The number of rotatable bonds is 3. The first kappa shape index (κ1) is 14.3. The monoisotopic (exact) mass is 272 g/mol. The molecule has 3 nitrogen and oxygen atoms in total. The number of halogens is 1. The van der Waals surface area contributed by atoms with Crippen molar-refractivity contribution in [3.8, 4) is 0 Å². The molecule has 2 fully saturated rings. The Labute approximate surface area is 115 Å². The van der Waals surface area contributed by atoms with E-state index >= 15 is 0 Å². The van der Waals surface area contributed by atoms with Crippen LogP contribution in [0, 0.1) is 11.8 Å². The minimum Gasteiger partial charge on any atom is -0.316 e. The molecule has 2 N–H and O–H groups in total. The van der Waals surface area contributed by atoms with E-state index in [0.717, 1.165) is 45.1 Å². The highest BCUT2D eigenvalue weighted by atomic mass is 35.5. The number of Topliss-reactive ketones (excluding diaryl/α,β-unsaturated/α-hetero) is 1. The van der Waals surface area contributed by atoms with E-state index in [2.05, 4.69) is 11.8 Å². The maximum absolute atomic E-state index is 12.3. The Hall–Kier alpha value is -0.120. The molecule has 0 radical (unpaired) electrons. The van der Waals surface area contributed by atoms with Gasteiger partial charge in [0.2, 0.25) is 0 Å². The quantitative estimate of drug-likeness (QED) is 0.803. The van der Waals surface area contributed by atoms with Crippen molar-refractivity contribution in [2.45, 2.75) is 57.0 Å². The summed E-state index contributed by atoms with van der Waals surface area (Å²) in [6.45, 7) is 3.76. The zero-order chi connectivity index (χ0) is 13.1. The fraction of sp³-hybridized carbons (Fsp3) is 0.929. The minimum absolute atomic E-state index is 0.0714. The molecule has 2 atom stereocenters. The number of hydrogen-bond acceptors (Lipinski definition) is 3. The van der Waals surface area contributed by atoms with Gasteiger partial charge < -0.3 is 5.73 Å². The predicted molar refractivity (Wildman–Crippen MR) is 74.6 cm³/mol. The molecule has 1 aliphatic heterocycles. The minimum atomic E-state index is 0.0714. The fourth-order valence-electron chi connectivity index (χ4n) is 3.13. The lowest BCUT2D eigenvalue weighted by molar-refractivity contribution is -0.126. The van der Waals surface area contributed by atoms with Crippen molar-refractivity contribution in [3.63, 3.8) is 0 Å². The summed E-state index contributed by atoms with van der Waals surface area (Å²) >= 11 is 6.08. The normalized spacial score (nSPS) is 38.6. The summed E-state index contributed by atoms with van der Waals surface area (Å²) in [5.74, 6) is 1.30. The van der Waals surface area contributed by atoms with Gasteiger partial charge >= 0.3 is 0 Å². The summed E-state index contributed by atoms with van der Waals surface area (Å²) < 4.78 is 0. The van der Waals surface area contributed by atoms with Gasteiger partial charge in [-0.25, -0.2) is 0 Å². The van der Waals surface area contributed by atoms with Crippen LogP contribution in [0.1, 0.15) is 45.4 Å². The molecule has 0 bridgehead atoms. The van der Waals surface area contributed by atoms with Gasteiger partial charge in [-0.05, 0) is 44.4 Å². The third-order valence-corrected chi connectivity index (χ3v) is 4.93. The highest BCUT2D eigenvalue weighted by Crippen LogP contribution is 2.29. The predicted octanol–water partition coefficient (Wildman–Crippen LogP) is 2.37. The number of carbonyl (C=O) groups excluding carboxylic acids is 1. The molecule has 0 spiro atoms. The van der Waals surface area contributed by atoms with Crippen molar-refractivity contribution in [1.82, 2.24) is 4.90 Å². The van der Waals surface area contributed by atoms with E-state index in [1.807, 2.05) is 0 Å². The Bertz CT molecular complexity index is 290. The second-order valence-corrected chi connectivity index (χ2v) is 6.70. The second-order valence-electron chi connectivity index (χ2n) is 6.08. The van der Waals surface area contributed by atoms with E-state index < -0.39 is 0 Å². The van der Waals surface area contributed by atoms with E-state index in [9.17, 15) is 4.79 Å². The van der Waals surface area contributed by atoms with Crippen molar-refractivity contribution in [2.24, 2.45) is 17.6 Å². The van der Waals surface area contributed by atoms with Crippen LogP contribution >= 0.6 is 11.6 Å². The summed E-state index contributed by atoms with van der Waals surface area (Å²) in [6, 6.07) is 0. The van der Waals surface area contributed by atoms with E-state index in [0.29, 0.717) is 18.2 Å². The van der Waals surface area contributed by atoms with E-state index in [-0.39, 0.29) is 17.5 Å². The van der Waals surface area contributed by atoms with Gasteiger partial charge in [0, 0.05) is 17.8 Å². The summed E-state index contributed by atoms with van der Waals surface area (Å²) in [4.78, 5) is 14.4. The molecule has 2 rings (SSSR count). The lowest BCUT2D eigenvalue weighted by Crippen LogP contribution is -2.50. The number of alkyl halides is 1. The fourth-order valence-corrected chi connectivity index (χ4v) is 3.38. The van der Waals surface area contributed by atoms with Gasteiger partial charge in [0.05, 0.1) is 12.7 Å². The molecule has 0 aromatic heterocycles. The van der Waals surface area contributed by atoms with Crippen LogP contribution < -0.4 is 5.73 Å². The third kappa shape index (κ3) is 3.69. The Morgan fingerprint density at radius 3 is 2.56 bits per heavy atom. The van der Waals surface area contributed by atoms with E-state index in [1.165, 1.54) is 0 Å². The SMILES string of the molecule is CC1CCN(CC(=O)C2CCC(Cl)CC2)C(N)C1. The summed E-state index contributed by atoms with van der Waals surface area (Å²) in [6.07, 6.45) is 6.15. The average molecular weight is 273 g/mol.